The van der Waals surface area contributed by atoms with E-state index >= 15 is 0 Å². The molecule has 0 saturated heterocycles. The summed E-state index contributed by atoms with van der Waals surface area (Å²) in [6, 6.07) is 2.63. The molecule has 90 valence electrons. The molecule has 0 aliphatic heterocycles. The zero-order chi connectivity index (χ0) is 12.2. The summed E-state index contributed by atoms with van der Waals surface area (Å²) in [7, 11) is 0. The van der Waals surface area contributed by atoms with Crippen molar-refractivity contribution >= 4 is 0 Å². The van der Waals surface area contributed by atoms with E-state index < -0.39 is 11.8 Å². The zero-order valence-corrected chi connectivity index (χ0v) is 8.96. The van der Waals surface area contributed by atoms with Gasteiger partial charge in [-0.3, -0.25) is 4.98 Å². The third-order valence-corrected chi connectivity index (χ3v) is 2.50. The SMILES string of the molecule is CCCCC(O)(c1cccnc1)C(F)(F)F. The largest absolute Gasteiger partial charge is 0.421 e. The van der Waals surface area contributed by atoms with Crippen LogP contribution >= 0.6 is 0 Å². The second kappa shape index (κ2) is 4.82. The van der Waals surface area contributed by atoms with Crippen molar-refractivity contribution in [2.75, 3.05) is 0 Å². The third kappa shape index (κ3) is 2.52. The van der Waals surface area contributed by atoms with E-state index in [2.05, 4.69) is 4.98 Å². The Morgan fingerprint density at radius 3 is 2.50 bits per heavy atom. The first-order chi connectivity index (χ1) is 7.42. The molecule has 1 aromatic rings. The van der Waals surface area contributed by atoms with Gasteiger partial charge in [0.25, 0.3) is 0 Å². The minimum atomic E-state index is -4.68. The molecule has 0 aliphatic rings. The van der Waals surface area contributed by atoms with Gasteiger partial charge in [0.2, 0.25) is 0 Å². The maximum Gasteiger partial charge on any atom is 0.421 e. The fourth-order valence-corrected chi connectivity index (χ4v) is 1.49. The summed E-state index contributed by atoms with van der Waals surface area (Å²) >= 11 is 0. The van der Waals surface area contributed by atoms with Gasteiger partial charge in [0.1, 0.15) is 0 Å². The molecule has 1 heterocycles. The Balaban J connectivity index is 3.05. The second-order valence-electron chi connectivity index (χ2n) is 3.70. The molecule has 16 heavy (non-hydrogen) atoms. The van der Waals surface area contributed by atoms with Gasteiger partial charge < -0.3 is 5.11 Å². The molecule has 1 atom stereocenters. The van der Waals surface area contributed by atoms with E-state index in [1.165, 1.54) is 18.3 Å². The predicted molar refractivity (Wildman–Crippen MR) is 53.7 cm³/mol. The lowest BCUT2D eigenvalue weighted by Gasteiger charge is -2.30. The van der Waals surface area contributed by atoms with Crippen LogP contribution in [0, 0.1) is 0 Å². The predicted octanol–water partition coefficient (Wildman–Crippen LogP) is 3.02. The number of aliphatic hydroxyl groups is 1. The minimum absolute atomic E-state index is 0.198. The number of aromatic nitrogens is 1. The fraction of sp³-hybridized carbons (Fsp3) is 0.545. The van der Waals surface area contributed by atoms with Gasteiger partial charge in [0.05, 0.1) is 0 Å². The van der Waals surface area contributed by atoms with Gasteiger partial charge in [-0.25, -0.2) is 0 Å². The smallest absolute Gasteiger partial charge is 0.376 e. The van der Waals surface area contributed by atoms with Crippen LogP contribution < -0.4 is 0 Å². The summed E-state index contributed by atoms with van der Waals surface area (Å²) < 4.78 is 38.5. The van der Waals surface area contributed by atoms with Crippen LogP contribution in [0.5, 0.6) is 0 Å². The first kappa shape index (κ1) is 13.0. The lowest BCUT2D eigenvalue weighted by atomic mass is 9.89. The number of unbranched alkanes of at least 4 members (excludes halogenated alkanes) is 1. The van der Waals surface area contributed by atoms with E-state index in [1.807, 2.05) is 0 Å². The average Bonchev–Trinajstić information content (AvgIpc) is 2.25. The van der Waals surface area contributed by atoms with Crippen molar-refractivity contribution in [3.63, 3.8) is 0 Å². The number of hydrogen-bond acceptors (Lipinski definition) is 2. The summed E-state index contributed by atoms with van der Waals surface area (Å²) in [6.07, 6.45) is -1.67. The standard InChI is InChI=1S/C11H14F3NO/c1-2-3-6-10(16,11(12,13)14)9-5-4-7-15-8-9/h4-5,7-8,16H,2-3,6H2,1H3. The average molecular weight is 233 g/mol. The first-order valence-corrected chi connectivity index (χ1v) is 5.11. The molecule has 0 radical (unpaired) electrons. The third-order valence-electron chi connectivity index (χ3n) is 2.50. The fourth-order valence-electron chi connectivity index (χ4n) is 1.49. The summed E-state index contributed by atoms with van der Waals surface area (Å²) in [5.41, 5.74) is -2.98. The van der Waals surface area contributed by atoms with Gasteiger partial charge in [-0.15, -0.1) is 0 Å². The Bertz CT molecular complexity index is 326. The molecular formula is C11H14F3NO. The van der Waals surface area contributed by atoms with Gasteiger partial charge >= 0.3 is 6.18 Å². The van der Waals surface area contributed by atoms with Gasteiger partial charge in [0, 0.05) is 18.0 Å². The molecule has 1 rings (SSSR count). The monoisotopic (exact) mass is 233 g/mol. The quantitative estimate of drug-likeness (QED) is 0.867. The van der Waals surface area contributed by atoms with E-state index in [4.69, 9.17) is 0 Å². The van der Waals surface area contributed by atoms with Gasteiger partial charge in [-0.2, -0.15) is 13.2 Å². The molecule has 0 aliphatic carbocycles. The number of hydrogen-bond donors (Lipinski definition) is 1. The second-order valence-corrected chi connectivity index (χ2v) is 3.70. The molecular weight excluding hydrogens is 219 g/mol. The highest BCUT2D eigenvalue weighted by molar-refractivity contribution is 5.20. The number of rotatable bonds is 4. The molecule has 0 spiro atoms. The van der Waals surface area contributed by atoms with Crippen molar-refractivity contribution in [2.24, 2.45) is 0 Å². The van der Waals surface area contributed by atoms with Gasteiger partial charge in [-0.05, 0) is 12.5 Å². The van der Waals surface area contributed by atoms with Crippen molar-refractivity contribution < 1.29 is 18.3 Å². The number of nitrogens with zero attached hydrogens (tertiary/aromatic N) is 1. The Kier molecular flexibility index (Phi) is 3.91. The van der Waals surface area contributed by atoms with Crippen molar-refractivity contribution in [3.05, 3.63) is 30.1 Å². The van der Waals surface area contributed by atoms with Crippen LogP contribution in [0.15, 0.2) is 24.5 Å². The summed E-state index contributed by atoms with van der Waals surface area (Å²) in [5, 5.41) is 9.79. The Hall–Kier alpha value is -1.10. The maximum atomic E-state index is 12.8. The molecule has 0 bridgehead atoms. The van der Waals surface area contributed by atoms with E-state index in [0.29, 0.717) is 12.8 Å². The van der Waals surface area contributed by atoms with Crippen LogP contribution in [0.2, 0.25) is 0 Å². The van der Waals surface area contributed by atoms with Crippen LogP contribution in [0.25, 0.3) is 0 Å². The lowest BCUT2D eigenvalue weighted by molar-refractivity contribution is -0.269. The molecule has 5 heteroatoms. The lowest BCUT2D eigenvalue weighted by Crippen LogP contribution is -2.42. The molecule has 1 aromatic heterocycles. The molecule has 1 N–H and O–H groups in total. The Labute approximate surface area is 92.1 Å². The van der Waals surface area contributed by atoms with E-state index in [-0.39, 0.29) is 12.0 Å². The van der Waals surface area contributed by atoms with Gasteiger partial charge in [0.15, 0.2) is 5.60 Å². The molecule has 0 saturated carbocycles. The van der Waals surface area contributed by atoms with E-state index in [0.717, 1.165) is 6.20 Å². The summed E-state index contributed by atoms with van der Waals surface area (Å²) in [6.45, 7) is 1.78. The van der Waals surface area contributed by atoms with Crippen molar-refractivity contribution in [2.45, 2.75) is 38.0 Å². The van der Waals surface area contributed by atoms with E-state index in [9.17, 15) is 18.3 Å². The number of pyridine rings is 1. The molecule has 0 fully saturated rings. The topological polar surface area (TPSA) is 33.1 Å². The maximum absolute atomic E-state index is 12.8. The summed E-state index contributed by atoms with van der Waals surface area (Å²) in [5.74, 6) is 0. The normalized spacial score (nSPS) is 15.8. The van der Waals surface area contributed by atoms with Crippen LogP contribution in [-0.2, 0) is 5.60 Å². The highest BCUT2D eigenvalue weighted by Crippen LogP contribution is 2.42. The minimum Gasteiger partial charge on any atom is -0.376 e. The highest BCUT2D eigenvalue weighted by Gasteiger charge is 2.54. The van der Waals surface area contributed by atoms with Crippen LogP contribution in [-0.4, -0.2) is 16.3 Å². The highest BCUT2D eigenvalue weighted by atomic mass is 19.4. The number of alkyl halides is 3. The Morgan fingerprint density at radius 1 is 1.38 bits per heavy atom. The zero-order valence-electron chi connectivity index (χ0n) is 8.96. The van der Waals surface area contributed by atoms with Crippen LogP contribution in [0.4, 0.5) is 13.2 Å². The van der Waals surface area contributed by atoms with Crippen molar-refractivity contribution in [1.29, 1.82) is 0 Å². The molecule has 2 nitrogen and oxygen atoms in total. The van der Waals surface area contributed by atoms with Crippen molar-refractivity contribution in [3.8, 4) is 0 Å². The molecule has 0 amide bonds. The van der Waals surface area contributed by atoms with E-state index in [1.54, 1.807) is 6.92 Å². The van der Waals surface area contributed by atoms with Crippen molar-refractivity contribution in [1.82, 2.24) is 4.98 Å². The molecule has 0 aromatic carbocycles. The van der Waals surface area contributed by atoms with Crippen LogP contribution in [0.1, 0.15) is 31.7 Å². The Morgan fingerprint density at radius 2 is 2.06 bits per heavy atom. The molecule has 1 unspecified atom stereocenters. The van der Waals surface area contributed by atoms with Gasteiger partial charge in [-0.1, -0.05) is 25.8 Å². The van der Waals surface area contributed by atoms with Crippen LogP contribution in [0.3, 0.4) is 0 Å². The number of halogens is 3. The summed E-state index contributed by atoms with van der Waals surface area (Å²) in [4.78, 5) is 3.61. The first-order valence-electron chi connectivity index (χ1n) is 5.11.